The summed E-state index contributed by atoms with van der Waals surface area (Å²) in [5, 5.41) is 0.594. The first kappa shape index (κ1) is 10.2. The van der Waals surface area contributed by atoms with Crippen LogP contribution in [0.4, 0.5) is 5.82 Å². The number of nitrogens with one attached hydrogen (secondary N) is 1. The number of H-pyrrole nitrogens is 1. The summed E-state index contributed by atoms with van der Waals surface area (Å²) < 4.78 is 40.4. The number of fused-ring (bicyclic) bond motifs is 1. The predicted octanol–water partition coefficient (Wildman–Crippen LogP) is 1.55. The number of anilines is 1. The third-order valence-electron chi connectivity index (χ3n) is 4.10. The van der Waals surface area contributed by atoms with Gasteiger partial charge in [-0.15, -0.1) is 0 Å². The molecular formula is C16H20N6O. The van der Waals surface area contributed by atoms with Crippen molar-refractivity contribution < 1.29 is 11.6 Å². The van der Waals surface area contributed by atoms with Crippen LogP contribution in [-0.4, -0.2) is 58.5 Å². The Bertz CT molecular complexity index is 938. The van der Waals surface area contributed by atoms with Crippen LogP contribution in [0.2, 0.25) is 0 Å². The van der Waals surface area contributed by atoms with Gasteiger partial charge in [0.25, 0.3) is 6.54 Å². The Balaban J connectivity index is 2.05. The van der Waals surface area contributed by atoms with Gasteiger partial charge in [0.1, 0.15) is 19.1 Å². The van der Waals surface area contributed by atoms with Gasteiger partial charge in [0.05, 0.1) is 11.4 Å². The van der Waals surface area contributed by atoms with Gasteiger partial charge in [-0.2, -0.15) is 0 Å². The van der Waals surface area contributed by atoms with E-state index in [1.165, 1.54) is 4.90 Å². The monoisotopic (exact) mass is 317 g/mol. The highest BCUT2D eigenvalue weighted by Crippen LogP contribution is 2.28. The fourth-order valence-corrected chi connectivity index (χ4v) is 2.82. The Kier molecular flexibility index (Phi) is 2.77. The number of aromatic amines is 1. The summed E-state index contributed by atoms with van der Waals surface area (Å²) in [6.07, 6.45) is 1.34. The molecule has 1 aliphatic heterocycles. The number of hydrogen-bond acceptors (Lipinski definition) is 4. The number of carbonyl (C=O) groups is 1. The van der Waals surface area contributed by atoms with Crippen molar-refractivity contribution in [3.8, 4) is 0 Å². The number of nitrogens with zero attached hydrogens (tertiary/aromatic N) is 5. The summed E-state index contributed by atoms with van der Waals surface area (Å²) in [6.45, 7) is 4.07. The molecule has 23 heavy (non-hydrogen) atoms. The van der Waals surface area contributed by atoms with Gasteiger partial charge >= 0.3 is 5.91 Å². The van der Waals surface area contributed by atoms with Crippen molar-refractivity contribution in [2.75, 3.05) is 31.6 Å². The van der Waals surface area contributed by atoms with Crippen molar-refractivity contribution >= 4 is 22.8 Å². The lowest BCUT2D eigenvalue weighted by molar-refractivity contribution is -0.130. The Morgan fingerprint density at radius 2 is 2.61 bits per heavy atom. The van der Waals surface area contributed by atoms with Crippen molar-refractivity contribution in [3.05, 3.63) is 30.0 Å². The Morgan fingerprint density at radius 1 is 1.74 bits per heavy atom. The van der Waals surface area contributed by atoms with Crippen LogP contribution in [0, 0.1) is 12.5 Å². The lowest BCUT2D eigenvalue weighted by Crippen LogP contribution is -2.53. The molecule has 1 N–H and O–H groups in total. The van der Waals surface area contributed by atoms with Crippen LogP contribution < -0.4 is 4.90 Å². The summed E-state index contributed by atoms with van der Waals surface area (Å²) in [5.41, 5.74) is 0.433. The van der Waals surface area contributed by atoms with Gasteiger partial charge in [0, 0.05) is 31.8 Å². The lowest BCUT2D eigenvalue weighted by atomic mass is 9.92. The van der Waals surface area contributed by atoms with E-state index in [4.69, 9.17) is 13.4 Å². The minimum Gasteiger partial charge on any atom is -0.354 e. The molecule has 1 aliphatic rings. The Labute approximate surface area is 142 Å². The van der Waals surface area contributed by atoms with Crippen LogP contribution in [0.1, 0.15) is 20.1 Å². The highest BCUT2D eigenvalue weighted by molar-refractivity contribution is 5.87. The molecule has 3 rings (SSSR count). The van der Waals surface area contributed by atoms with Crippen LogP contribution >= 0.6 is 0 Å². The summed E-state index contributed by atoms with van der Waals surface area (Å²) in [7, 11) is 1.61. The fraction of sp³-hybridized carbons (Fsp3) is 0.500. The van der Waals surface area contributed by atoms with Crippen molar-refractivity contribution in [1.29, 1.82) is 0 Å². The zero-order chi connectivity index (χ0) is 20.7. The molecule has 1 saturated heterocycles. The normalized spacial score (nSPS) is 28.1. The maximum absolute atomic E-state index is 12.2. The van der Waals surface area contributed by atoms with Crippen LogP contribution in [-0.2, 0) is 4.79 Å². The van der Waals surface area contributed by atoms with E-state index in [2.05, 4.69) is 19.8 Å². The first-order chi connectivity index (χ1) is 13.1. The summed E-state index contributed by atoms with van der Waals surface area (Å²) >= 11 is 0. The number of hydrogen-bond donors (Lipinski definition) is 1. The minimum absolute atomic E-state index is 0.0179. The molecule has 7 heteroatoms. The van der Waals surface area contributed by atoms with Gasteiger partial charge in [-0.05, 0) is 18.4 Å². The van der Waals surface area contributed by atoms with E-state index in [1.807, 2.05) is 0 Å². The number of carbonyl (C=O) groups excluding carboxylic acids is 1. The molecule has 2 aromatic heterocycles. The minimum atomic E-state index is -2.59. The Morgan fingerprint density at radius 3 is 3.39 bits per heavy atom. The number of aromatic nitrogens is 3. The summed E-state index contributed by atoms with van der Waals surface area (Å²) in [5.74, 6) is -1.91. The molecule has 0 unspecified atom stereocenters. The van der Waals surface area contributed by atoms with Crippen LogP contribution in [0.15, 0.2) is 18.6 Å². The van der Waals surface area contributed by atoms with Gasteiger partial charge in [-0.25, -0.2) is 16.5 Å². The quantitative estimate of drug-likeness (QED) is 0.872. The number of rotatable bonds is 3. The van der Waals surface area contributed by atoms with Gasteiger partial charge in [-0.1, -0.05) is 6.85 Å². The molecule has 0 aromatic carbocycles. The molecule has 0 spiro atoms. The van der Waals surface area contributed by atoms with E-state index in [0.717, 1.165) is 0 Å². The molecule has 0 bridgehead atoms. The van der Waals surface area contributed by atoms with E-state index in [1.54, 1.807) is 24.2 Å². The van der Waals surface area contributed by atoms with Crippen LogP contribution in [0.3, 0.4) is 0 Å². The van der Waals surface area contributed by atoms with E-state index in [-0.39, 0.29) is 32.4 Å². The van der Waals surface area contributed by atoms with E-state index >= 15 is 0 Å². The molecule has 0 aliphatic carbocycles. The van der Waals surface area contributed by atoms with Gasteiger partial charge in [-0.3, -0.25) is 4.79 Å². The molecule has 120 valence electrons. The highest BCUT2D eigenvalue weighted by Gasteiger charge is 2.33. The number of piperidine rings is 1. The number of amides is 1. The second kappa shape index (κ2) is 6.24. The fourth-order valence-electron chi connectivity index (χ4n) is 2.82. The first-order valence-corrected chi connectivity index (χ1v) is 7.24. The molecule has 1 fully saturated rings. The molecule has 7 nitrogen and oxygen atoms in total. The zero-order valence-corrected chi connectivity index (χ0v) is 12.7. The number of likely N-dealkylation sites (tertiary alicyclic amines) is 1. The van der Waals surface area contributed by atoms with Gasteiger partial charge in [0.2, 0.25) is 0 Å². The molecule has 0 radical (unpaired) electrons. The van der Waals surface area contributed by atoms with Crippen molar-refractivity contribution in [1.82, 2.24) is 19.9 Å². The molecule has 3 heterocycles. The second-order valence-corrected chi connectivity index (χ2v) is 5.45. The van der Waals surface area contributed by atoms with E-state index in [0.29, 0.717) is 16.9 Å². The van der Waals surface area contributed by atoms with E-state index in [9.17, 15) is 4.79 Å². The average molecular weight is 317 g/mol. The summed E-state index contributed by atoms with van der Waals surface area (Å²) in [4.78, 5) is 29.3. The lowest BCUT2D eigenvalue weighted by Gasteiger charge is -2.41. The predicted molar refractivity (Wildman–Crippen MR) is 87.9 cm³/mol. The molecule has 2 atom stereocenters. The average Bonchev–Trinajstić information content (AvgIpc) is 3.08. The van der Waals surface area contributed by atoms with Crippen molar-refractivity contribution in [2.24, 2.45) is 5.89 Å². The van der Waals surface area contributed by atoms with Gasteiger partial charge < -0.3 is 19.6 Å². The molecular weight excluding hydrogens is 292 g/mol. The topological polar surface area (TPSA) is 69.5 Å². The maximum Gasteiger partial charge on any atom is 0.302 e. The van der Waals surface area contributed by atoms with Crippen LogP contribution in [0.25, 0.3) is 15.9 Å². The third kappa shape index (κ3) is 2.84. The standard InChI is InChI=1S/C16H20N6O/c1-11-5-7-22(14(23)8-17-2)9-13(11)21(3)16-12-4-6-18-15(12)19-10-20-16/h4,6,10-11,13H,5,7-9H2,1,3H3,(H,18,19,20)/t11-,13+/m1/s1/i1D3,10D,11D. The molecule has 1 amide bonds. The molecule has 0 saturated carbocycles. The van der Waals surface area contributed by atoms with E-state index < -0.39 is 24.7 Å². The zero-order valence-electron chi connectivity index (χ0n) is 17.7. The van der Waals surface area contributed by atoms with Crippen molar-refractivity contribution in [3.63, 3.8) is 0 Å². The smallest absolute Gasteiger partial charge is 0.302 e. The first-order valence-electron chi connectivity index (χ1n) is 9.74. The van der Waals surface area contributed by atoms with Gasteiger partial charge in [0.15, 0.2) is 0 Å². The Hall–Kier alpha value is -2.62. The molecule has 2 aromatic rings. The highest BCUT2D eigenvalue weighted by atomic mass is 16.2. The second-order valence-electron chi connectivity index (χ2n) is 5.45. The van der Waals surface area contributed by atoms with Crippen LogP contribution in [0.5, 0.6) is 0 Å². The summed E-state index contributed by atoms with van der Waals surface area (Å²) in [6, 6.07) is 0.808. The largest absolute Gasteiger partial charge is 0.354 e. The third-order valence-corrected chi connectivity index (χ3v) is 4.10. The maximum atomic E-state index is 12.2. The number of likely N-dealkylation sites (N-methyl/N-ethyl adjacent to an activating group) is 1. The van der Waals surface area contributed by atoms with Crippen molar-refractivity contribution in [2.45, 2.75) is 19.3 Å². The SMILES string of the molecule is [2H]c1nc(N(C)[C@H]2CN(C(=O)C[N+]#[C-])CC[C@@]2([2H])C([2H])([2H])[2H])c2cc[nH]c2n1.